The molecule has 1 aliphatic heterocycles. The lowest BCUT2D eigenvalue weighted by atomic mass is 9.98. The Balaban J connectivity index is 1.72. The van der Waals surface area contributed by atoms with E-state index in [-0.39, 0.29) is 17.1 Å². The van der Waals surface area contributed by atoms with Crippen molar-refractivity contribution in [2.75, 3.05) is 0 Å². The van der Waals surface area contributed by atoms with Crippen LogP contribution in [-0.4, -0.2) is 10.8 Å². The second kappa shape index (κ2) is 7.66. The first-order valence-electron chi connectivity index (χ1n) is 9.80. The molecule has 0 fully saturated rings. The van der Waals surface area contributed by atoms with Gasteiger partial charge in [-0.05, 0) is 48.4 Å². The van der Waals surface area contributed by atoms with Crippen LogP contribution in [0.3, 0.4) is 0 Å². The summed E-state index contributed by atoms with van der Waals surface area (Å²) in [5.41, 5.74) is 3.45. The maximum absolute atomic E-state index is 13.5. The third-order valence-corrected chi connectivity index (χ3v) is 6.35. The van der Waals surface area contributed by atoms with Crippen molar-refractivity contribution in [3.63, 3.8) is 0 Å². The van der Waals surface area contributed by atoms with Crippen LogP contribution in [-0.2, 0) is 6.54 Å². The van der Waals surface area contributed by atoms with Crippen LogP contribution < -0.4 is 5.43 Å². The predicted molar refractivity (Wildman–Crippen MR) is 125 cm³/mol. The first-order valence-corrected chi connectivity index (χ1v) is 11.0. The zero-order valence-electron chi connectivity index (χ0n) is 16.6. The Hall–Kier alpha value is -2.89. The van der Waals surface area contributed by atoms with E-state index < -0.39 is 6.04 Å². The number of aryl methyl sites for hydroxylation is 1. The van der Waals surface area contributed by atoms with Crippen molar-refractivity contribution in [2.45, 2.75) is 19.5 Å². The Morgan fingerprint density at radius 2 is 1.71 bits per heavy atom. The number of benzene rings is 3. The fraction of sp³-hybridized carbons (Fsp3) is 0.120. The first kappa shape index (κ1) is 20.0. The molecule has 0 spiro atoms. The van der Waals surface area contributed by atoms with Crippen molar-refractivity contribution in [3.8, 4) is 0 Å². The minimum Gasteiger partial charge on any atom is -0.450 e. The lowest BCUT2D eigenvalue weighted by molar-refractivity contribution is 0.0714. The topological polar surface area (TPSA) is 50.5 Å². The van der Waals surface area contributed by atoms with Crippen LogP contribution in [0.15, 0.2) is 80.4 Å². The van der Waals surface area contributed by atoms with Crippen molar-refractivity contribution < 1.29 is 9.21 Å². The highest BCUT2D eigenvalue weighted by Gasteiger charge is 2.42. The predicted octanol–water partition coefficient (Wildman–Crippen LogP) is 6.26. The number of rotatable bonds is 3. The van der Waals surface area contributed by atoms with Crippen LogP contribution in [0, 0.1) is 6.92 Å². The number of fused-ring (bicyclic) bond motifs is 2. The largest absolute Gasteiger partial charge is 0.450 e. The van der Waals surface area contributed by atoms with Gasteiger partial charge in [0.05, 0.1) is 17.0 Å². The quantitative estimate of drug-likeness (QED) is 0.338. The lowest BCUT2D eigenvalue weighted by Gasteiger charge is -2.25. The number of carbonyl (C=O) groups excluding carboxylic acids is 1. The molecule has 6 heteroatoms. The Kier molecular flexibility index (Phi) is 4.95. The van der Waals surface area contributed by atoms with Crippen molar-refractivity contribution in [1.29, 1.82) is 0 Å². The van der Waals surface area contributed by atoms with Gasteiger partial charge in [0.1, 0.15) is 5.58 Å². The van der Waals surface area contributed by atoms with E-state index in [2.05, 4.69) is 15.9 Å². The van der Waals surface area contributed by atoms with Crippen LogP contribution in [0.1, 0.15) is 38.9 Å². The van der Waals surface area contributed by atoms with E-state index in [4.69, 9.17) is 16.0 Å². The van der Waals surface area contributed by atoms with E-state index in [9.17, 15) is 9.59 Å². The molecule has 0 saturated heterocycles. The average molecular weight is 495 g/mol. The molecular weight excluding hydrogens is 478 g/mol. The standard InChI is InChI=1S/C25H17BrClNO3/c1-14-2-4-15(5-3-14)13-28-22(16-6-8-17(26)9-7-16)21-23(29)19-12-18(27)10-11-20(19)31-24(21)25(28)30/h2-12,22H,13H2,1H3/t22-/m0/s1. The summed E-state index contributed by atoms with van der Waals surface area (Å²) < 4.78 is 6.88. The molecule has 1 amide bonds. The number of carbonyl (C=O) groups is 1. The molecule has 4 aromatic rings. The average Bonchev–Trinajstić information content (AvgIpc) is 3.03. The Labute approximate surface area is 192 Å². The number of hydrogen-bond acceptors (Lipinski definition) is 3. The van der Waals surface area contributed by atoms with Crippen LogP contribution in [0.2, 0.25) is 5.02 Å². The van der Waals surface area contributed by atoms with Crippen LogP contribution >= 0.6 is 27.5 Å². The van der Waals surface area contributed by atoms with Crippen molar-refractivity contribution in [3.05, 3.63) is 114 Å². The molecule has 0 radical (unpaired) electrons. The minimum atomic E-state index is -0.545. The summed E-state index contributed by atoms with van der Waals surface area (Å²) in [4.78, 5) is 28.6. The summed E-state index contributed by atoms with van der Waals surface area (Å²) in [6.07, 6.45) is 0. The molecule has 0 N–H and O–H groups in total. The van der Waals surface area contributed by atoms with Gasteiger partial charge in [0.25, 0.3) is 5.91 Å². The molecular formula is C25H17BrClNO3. The molecule has 3 aromatic carbocycles. The molecule has 154 valence electrons. The highest BCUT2D eigenvalue weighted by Crippen LogP contribution is 2.39. The van der Waals surface area contributed by atoms with E-state index in [0.29, 0.717) is 28.1 Å². The molecule has 0 unspecified atom stereocenters. The van der Waals surface area contributed by atoms with E-state index in [0.717, 1.165) is 21.2 Å². The first-order chi connectivity index (χ1) is 14.9. The molecule has 1 aliphatic rings. The normalized spacial score (nSPS) is 15.5. The van der Waals surface area contributed by atoms with Gasteiger partial charge >= 0.3 is 0 Å². The van der Waals surface area contributed by atoms with E-state index in [1.54, 1.807) is 23.1 Å². The summed E-state index contributed by atoms with van der Waals surface area (Å²) >= 11 is 9.58. The summed E-state index contributed by atoms with van der Waals surface area (Å²) in [6.45, 7) is 2.38. The highest BCUT2D eigenvalue weighted by molar-refractivity contribution is 9.10. The van der Waals surface area contributed by atoms with E-state index >= 15 is 0 Å². The van der Waals surface area contributed by atoms with Crippen molar-refractivity contribution in [1.82, 2.24) is 4.90 Å². The molecule has 0 saturated carbocycles. The van der Waals surface area contributed by atoms with Crippen molar-refractivity contribution in [2.24, 2.45) is 0 Å². The van der Waals surface area contributed by atoms with Crippen molar-refractivity contribution >= 4 is 44.4 Å². The second-order valence-electron chi connectivity index (χ2n) is 7.69. The van der Waals surface area contributed by atoms with Crippen LogP contribution in [0.5, 0.6) is 0 Å². The molecule has 1 aromatic heterocycles. The van der Waals surface area contributed by atoms with E-state index in [1.807, 2.05) is 55.5 Å². The van der Waals surface area contributed by atoms with Gasteiger partial charge in [0, 0.05) is 16.0 Å². The third kappa shape index (κ3) is 3.48. The van der Waals surface area contributed by atoms with Gasteiger partial charge in [-0.15, -0.1) is 0 Å². The van der Waals surface area contributed by atoms with Gasteiger partial charge < -0.3 is 9.32 Å². The Bertz CT molecular complexity index is 1380. The fourth-order valence-electron chi connectivity index (χ4n) is 4.04. The van der Waals surface area contributed by atoms with Gasteiger partial charge in [-0.3, -0.25) is 9.59 Å². The Morgan fingerprint density at radius 3 is 2.42 bits per heavy atom. The van der Waals surface area contributed by atoms with Gasteiger partial charge in [0.2, 0.25) is 5.76 Å². The molecule has 0 bridgehead atoms. The zero-order valence-corrected chi connectivity index (χ0v) is 18.9. The summed E-state index contributed by atoms with van der Waals surface area (Å²) in [6, 6.07) is 20.0. The molecule has 5 rings (SSSR count). The van der Waals surface area contributed by atoms with Gasteiger partial charge in [0.15, 0.2) is 5.43 Å². The molecule has 2 heterocycles. The summed E-state index contributed by atoms with van der Waals surface area (Å²) in [5, 5.41) is 0.819. The Morgan fingerprint density at radius 1 is 1.00 bits per heavy atom. The summed E-state index contributed by atoms with van der Waals surface area (Å²) in [7, 11) is 0. The number of amides is 1. The van der Waals surface area contributed by atoms with Crippen LogP contribution in [0.25, 0.3) is 11.0 Å². The highest BCUT2D eigenvalue weighted by atomic mass is 79.9. The number of nitrogens with zero attached hydrogens (tertiary/aromatic N) is 1. The zero-order chi connectivity index (χ0) is 21.7. The SMILES string of the molecule is Cc1ccc(CN2C(=O)c3oc4ccc(Cl)cc4c(=O)c3[C@@H]2c2ccc(Br)cc2)cc1. The summed E-state index contributed by atoms with van der Waals surface area (Å²) in [5.74, 6) is -0.197. The molecule has 4 nitrogen and oxygen atoms in total. The third-order valence-electron chi connectivity index (χ3n) is 5.59. The molecule has 1 atom stereocenters. The lowest BCUT2D eigenvalue weighted by Crippen LogP contribution is -2.29. The maximum atomic E-state index is 13.5. The van der Waals surface area contributed by atoms with Gasteiger partial charge in [-0.1, -0.05) is 69.5 Å². The fourth-order valence-corrected chi connectivity index (χ4v) is 4.47. The van der Waals surface area contributed by atoms with Gasteiger partial charge in [-0.25, -0.2) is 0 Å². The maximum Gasteiger partial charge on any atom is 0.291 e. The number of halogens is 2. The van der Waals surface area contributed by atoms with Crippen LogP contribution in [0.4, 0.5) is 0 Å². The monoisotopic (exact) mass is 493 g/mol. The molecule has 0 aliphatic carbocycles. The minimum absolute atomic E-state index is 0.0971. The van der Waals surface area contributed by atoms with Gasteiger partial charge in [-0.2, -0.15) is 0 Å². The smallest absolute Gasteiger partial charge is 0.291 e. The number of hydrogen-bond donors (Lipinski definition) is 0. The second-order valence-corrected chi connectivity index (χ2v) is 9.04. The van der Waals surface area contributed by atoms with E-state index in [1.165, 1.54) is 0 Å². The molecule has 31 heavy (non-hydrogen) atoms.